The molecular formula is C19H23NO7. The SMILES string of the molecule is COc1cc(OC2=CC(=O)N(CC3CCOCC3)C2=O)cc(OC)c1OC. The number of amides is 2. The van der Waals surface area contributed by atoms with Gasteiger partial charge in [-0.25, -0.2) is 0 Å². The van der Waals surface area contributed by atoms with Crippen molar-refractivity contribution in [1.82, 2.24) is 4.90 Å². The molecule has 0 saturated carbocycles. The Hall–Kier alpha value is -2.74. The van der Waals surface area contributed by atoms with Gasteiger partial charge in [-0.05, 0) is 18.8 Å². The van der Waals surface area contributed by atoms with Crippen LogP contribution in [0.2, 0.25) is 0 Å². The van der Waals surface area contributed by atoms with Crippen LogP contribution in [-0.2, 0) is 14.3 Å². The predicted octanol–water partition coefficient (Wildman–Crippen LogP) is 1.77. The van der Waals surface area contributed by atoms with Crippen LogP contribution in [0.5, 0.6) is 23.0 Å². The minimum Gasteiger partial charge on any atom is -0.493 e. The first-order valence-corrected chi connectivity index (χ1v) is 8.70. The van der Waals surface area contributed by atoms with Crippen LogP contribution in [0.15, 0.2) is 24.0 Å². The van der Waals surface area contributed by atoms with Gasteiger partial charge in [-0.3, -0.25) is 14.5 Å². The number of hydrogen-bond donors (Lipinski definition) is 0. The average Bonchev–Trinajstić information content (AvgIpc) is 2.95. The zero-order valence-electron chi connectivity index (χ0n) is 15.6. The lowest BCUT2D eigenvalue weighted by Crippen LogP contribution is -2.37. The Morgan fingerprint density at radius 2 is 1.67 bits per heavy atom. The average molecular weight is 377 g/mol. The van der Waals surface area contributed by atoms with Crippen LogP contribution < -0.4 is 18.9 Å². The van der Waals surface area contributed by atoms with E-state index in [1.807, 2.05) is 0 Å². The molecule has 27 heavy (non-hydrogen) atoms. The molecule has 3 rings (SSSR count). The molecule has 1 aromatic carbocycles. The summed E-state index contributed by atoms with van der Waals surface area (Å²) in [4.78, 5) is 26.1. The van der Waals surface area contributed by atoms with E-state index in [1.54, 1.807) is 12.1 Å². The summed E-state index contributed by atoms with van der Waals surface area (Å²) in [6.07, 6.45) is 2.88. The standard InChI is InChI=1S/C19H23NO7/c1-23-14-8-13(9-15(24-2)18(14)25-3)27-16-10-17(21)20(19(16)22)11-12-4-6-26-7-5-12/h8-10,12H,4-7,11H2,1-3H3. The maximum atomic E-state index is 12.6. The molecule has 2 amide bonds. The molecule has 0 spiro atoms. The lowest BCUT2D eigenvalue weighted by atomic mass is 10.00. The number of nitrogens with zero attached hydrogens (tertiary/aromatic N) is 1. The van der Waals surface area contributed by atoms with Crippen LogP contribution in [0.4, 0.5) is 0 Å². The Labute approximate surface area is 157 Å². The molecule has 0 aromatic heterocycles. The van der Waals surface area contributed by atoms with Crippen molar-refractivity contribution in [2.75, 3.05) is 41.1 Å². The van der Waals surface area contributed by atoms with E-state index in [0.717, 1.165) is 12.8 Å². The van der Waals surface area contributed by atoms with Gasteiger partial charge in [0.25, 0.3) is 11.8 Å². The molecule has 0 N–H and O–H groups in total. The van der Waals surface area contributed by atoms with E-state index < -0.39 is 5.91 Å². The number of methoxy groups -OCH3 is 3. The zero-order valence-corrected chi connectivity index (χ0v) is 15.6. The van der Waals surface area contributed by atoms with Crippen molar-refractivity contribution < 1.29 is 33.3 Å². The normalized spacial score (nSPS) is 17.7. The minimum absolute atomic E-state index is 0.0265. The van der Waals surface area contributed by atoms with E-state index in [9.17, 15) is 9.59 Å². The number of carbonyl (C=O) groups excluding carboxylic acids is 2. The van der Waals surface area contributed by atoms with Gasteiger partial charge in [-0.15, -0.1) is 0 Å². The number of benzene rings is 1. The van der Waals surface area contributed by atoms with Crippen molar-refractivity contribution in [1.29, 1.82) is 0 Å². The molecule has 0 bridgehead atoms. The molecule has 2 aliphatic heterocycles. The van der Waals surface area contributed by atoms with Gasteiger partial charge in [0.15, 0.2) is 17.3 Å². The lowest BCUT2D eigenvalue weighted by Gasteiger charge is -2.25. The molecule has 146 valence electrons. The molecule has 1 fully saturated rings. The number of ether oxygens (including phenoxy) is 5. The van der Waals surface area contributed by atoms with Crippen molar-refractivity contribution >= 4 is 11.8 Å². The third kappa shape index (κ3) is 4.00. The van der Waals surface area contributed by atoms with E-state index in [1.165, 1.54) is 32.3 Å². The molecule has 0 atom stereocenters. The predicted molar refractivity (Wildman–Crippen MR) is 95.1 cm³/mol. The fourth-order valence-electron chi connectivity index (χ4n) is 3.16. The summed E-state index contributed by atoms with van der Waals surface area (Å²) in [7, 11) is 4.47. The van der Waals surface area contributed by atoms with Crippen LogP contribution in [0, 0.1) is 5.92 Å². The Bertz CT molecular complexity index is 727. The fraction of sp³-hybridized carbons (Fsp3) is 0.474. The van der Waals surface area contributed by atoms with Crippen molar-refractivity contribution in [2.24, 2.45) is 5.92 Å². The van der Waals surface area contributed by atoms with Gasteiger partial charge in [-0.1, -0.05) is 0 Å². The number of hydrogen-bond acceptors (Lipinski definition) is 7. The van der Waals surface area contributed by atoms with Crippen LogP contribution in [-0.4, -0.2) is 57.8 Å². The molecular weight excluding hydrogens is 354 g/mol. The van der Waals surface area contributed by atoms with E-state index in [4.69, 9.17) is 23.7 Å². The highest BCUT2D eigenvalue weighted by atomic mass is 16.5. The summed E-state index contributed by atoms with van der Waals surface area (Å²) in [5.74, 6) is 0.920. The molecule has 8 nitrogen and oxygen atoms in total. The van der Waals surface area contributed by atoms with Crippen LogP contribution in [0.3, 0.4) is 0 Å². The minimum atomic E-state index is -0.444. The van der Waals surface area contributed by atoms with Crippen molar-refractivity contribution in [3.05, 3.63) is 24.0 Å². The van der Waals surface area contributed by atoms with Gasteiger partial charge < -0.3 is 23.7 Å². The number of carbonyl (C=O) groups is 2. The van der Waals surface area contributed by atoms with Crippen molar-refractivity contribution in [3.63, 3.8) is 0 Å². The second kappa shape index (κ2) is 8.30. The molecule has 1 saturated heterocycles. The largest absolute Gasteiger partial charge is 0.493 e. The summed E-state index contributed by atoms with van der Waals surface area (Å²) in [6.45, 7) is 1.69. The smallest absolute Gasteiger partial charge is 0.296 e. The summed E-state index contributed by atoms with van der Waals surface area (Å²) in [5.41, 5.74) is 0. The van der Waals surface area contributed by atoms with Gasteiger partial charge in [0.1, 0.15) is 5.75 Å². The van der Waals surface area contributed by atoms with E-state index >= 15 is 0 Å². The fourth-order valence-corrected chi connectivity index (χ4v) is 3.16. The van der Waals surface area contributed by atoms with Crippen molar-refractivity contribution in [3.8, 4) is 23.0 Å². The molecule has 1 aromatic rings. The van der Waals surface area contributed by atoms with E-state index in [0.29, 0.717) is 42.8 Å². The van der Waals surface area contributed by atoms with Gasteiger partial charge in [0, 0.05) is 31.9 Å². The van der Waals surface area contributed by atoms with Gasteiger partial charge in [-0.2, -0.15) is 0 Å². The highest BCUT2D eigenvalue weighted by Crippen LogP contribution is 2.41. The Morgan fingerprint density at radius 3 is 2.22 bits per heavy atom. The Balaban J connectivity index is 1.75. The van der Waals surface area contributed by atoms with Crippen LogP contribution in [0.1, 0.15) is 12.8 Å². The first-order valence-electron chi connectivity index (χ1n) is 8.70. The van der Waals surface area contributed by atoms with Gasteiger partial charge in [0.05, 0.1) is 27.4 Å². The molecule has 0 radical (unpaired) electrons. The first kappa shape index (κ1) is 19.0. The molecule has 8 heteroatoms. The maximum Gasteiger partial charge on any atom is 0.296 e. The Morgan fingerprint density at radius 1 is 1.04 bits per heavy atom. The molecule has 0 unspecified atom stereocenters. The highest BCUT2D eigenvalue weighted by molar-refractivity contribution is 6.15. The maximum absolute atomic E-state index is 12.6. The van der Waals surface area contributed by atoms with Crippen molar-refractivity contribution in [2.45, 2.75) is 12.8 Å². The summed E-state index contributed by atoms with van der Waals surface area (Å²) in [5, 5.41) is 0. The summed E-state index contributed by atoms with van der Waals surface area (Å²) < 4.78 is 26.8. The third-order valence-corrected chi connectivity index (χ3v) is 4.62. The lowest BCUT2D eigenvalue weighted by molar-refractivity contribution is -0.139. The Kier molecular flexibility index (Phi) is 5.85. The molecule has 2 heterocycles. The molecule has 2 aliphatic rings. The number of imide groups is 1. The second-order valence-electron chi connectivity index (χ2n) is 6.28. The van der Waals surface area contributed by atoms with Gasteiger partial charge in [0.2, 0.25) is 5.75 Å². The number of rotatable bonds is 7. The third-order valence-electron chi connectivity index (χ3n) is 4.62. The quantitative estimate of drug-likeness (QED) is 0.670. The van der Waals surface area contributed by atoms with E-state index in [-0.39, 0.29) is 17.6 Å². The van der Waals surface area contributed by atoms with Crippen LogP contribution in [0.25, 0.3) is 0 Å². The summed E-state index contributed by atoms with van der Waals surface area (Å²) in [6, 6.07) is 3.14. The van der Waals surface area contributed by atoms with E-state index in [2.05, 4.69) is 0 Å². The summed E-state index contributed by atoms with van der Waals surface area (Å²) >= 11 is 0. The zero-order chi connectivity index (χ0) is 19.4. The highest BCUT2D eigenvalue weighted by Gasteiger charge is 2.35. The topological polar surface area (TPSA) is 83.5 Å². The first-order chi connectivity index (χ1) is 13.1. The van der Waals surface area contributed by atoms with Gasteiger partial charge >= 0.3 is 0 Å². The monoisotopic (exact) mass is 377 g/mol. The second-order valence-corrected chi connectivity index (χ2v) is 6.28. The van der Waals surface area contributed by atoms with Crippen LogP contribution >= 0.6 is 0 Å². The molecule has 0 aliphatic carbocycles.